The zero-order valence-electron chi connectivity index (χ0n) is 10.9. The summed E-state index contributed by atoms with van der Waals surface area (Å²) in [6.45, 7) is 2.04. The number of aryl methyl sites for hydroxylation is 1. The number of fused-ring (bicyclic) bond motifs is 1. The van der Waals surface area contributed by atoms with Crippen molar-refractivity contribution in [3.05, 3.63) is 68.8 Å². The second-order valence-electron chi connectivity index (χ2n) is 4.82. The van der Waals surface area contributed by atoms with E-state index < -0.39 is 0 Å². The van der Waals surface area contributed by atoms with Crippen LogP contribution in [0.4, 0.5) is 0 Å². The molecule has 4 heteroatoms. The van der Waals surface area contributed by atoms with Gasteiger partial charge in [0.2, 0.25) is 0 Å². The lowest BCUT2D eigenvalue weighted by Gasteiger charge is -2.10. The molecule has 1 unspecified atom stereocenters. The van der Waals surface area contributed by atoms with Crippen molar-refractivity contribution in [3.8, 4) is 0 Å². The van der Waals surface area contributed by atoms with E-state index >= 15 is 0 Å². The first-order valence-corrected chi connectivity index (χ1v) is 7.42. The van der Waals surface area contributed by atoms with Crippen molar-refractivity contribution in [2.45, 2.75) is 13.0 Å². The van der Waals surface area contributed by atoms with Crippen molar-refractivity contribution >= 4 is 38.5 Å². The third-order valence-electron chi connectivity index (χ3n) is 3.35. The van der Waals surface area contributed by atoms with Crippen LogP contribution in [0, 0.1) is 6.92 Å². The van der Waals surface area contributed by atoms with Crippen LogP contribution < -0.4 is 5.73 Å². The Labute approximate surface area is 130 Å². The van der Waals surface area contributed by atoms with Crippen molar-refractivity contribution in [3.63, 3.8) is 0 Å². The van der Waals surface area contributed by atoms with Crippen molar-refractivity contribution in [2.24, 2.45) is 5.73 Å². The van der Waals surface area contributed by atoms with Crippen LogP contribution in [0.3, 0.4) is 0 Å². The fourth-order valence-electron chi connectivity index (χ4n) is 2.21. The van der Waals surface area contributed by atoms with E-state index in [2.05, 4.69) is 22.0 Å². The van der Waals surface area contributed by atoms with Gasteiger partial charge < -0.3 is 10.2 Å². The van der Waals surface area contributed by atoms with E-state index in [-0.39, 0.29) is 6.04 Å². The summed E-state index contributed by atoms with van der Waals surface area (Å²) in [4.78, 5) is 0. The molecule has 1 heterocycles. The molecule has 2 N–H and O–H groups in total. The molecular weight excluding hydrogens is 338 g/mol. The van der Waals surface area contributed by atoms with Gasteiger partial charge in [-0.05, 0) is 48.4 Å². The van der Waals surface area contributed by atoms with Crippen LogP contribution in [0.5, 0.6) is 0 Å². The summed E-state index contributed by atoms with van der Waals surface area (Å²) in [7, 11) is 0. The smallest absolute Gasteiger partial charge is 0.134 e. The highest BCUT2D eigenvalue weighted by Crippen LogP contribution is 2.29. The van der Waals surface area contributed by atoms with E-state index in [1.54, 1.807) is 0 Å². The molecule has 0 spiro atoms. The van der Waals surface area contributed by atoms with Crippen molar-refractivity contribution in [1.82, 2.24) is 0 Å². The van der Waals surface area contributed by atoms with Gasteiger partial charge in [-0.3, -0.25) is 0 Å². The largest absolute Gasteiger partial charge is 0.459 e. The molecule has 0 saturated heterocycles. The fraction of sp³-hybridized carbons (Fsp3) is 0.125. The Bertz CT molecular complexity index is 781. The summed E-state index contributed by atoms with van der Waals surface area (Å²) in [6, 6.07) is 13.3. The highest BCUT2D eigenvalue weighted by Gasteiger charge is 2.15. The minimum atomic E-state index is -0.284. The average Bonchev–Trinajstić information content (AvgIpc) is 2.84. The Balaban J connectivity index is 2.02. The molecule has 1 aromatic heterocycles. The van der Waals surface area contributed by atoms with Crippen LogP contribution in [0.1, 0.15) is 22.9 Å². The number of furan rings is 1. The molecule has 3 rings (SSSR count). The van der Waals surface area contributed by atoms with Gasteiger partial charge in [0, 0.05) is 14.9 Å². The molecule has 20 heavy (non-hydrogen) atoms. The third kappa shape index (κ3) is 2.49. The summed E-state index contributed by atoms with van der Waals surface area (Å²) in [6.07, 6.45) is 0. The molecule has 0 radical (unpaired) electrons. The Morgan fingerprint density at radius 1 is 1.15 bits per heavy atom. The number of benzene rings is 2. The molecule has 0 aliphatic rings. The van der Waals surface area contributed by atoms with Crippen LogP contribution in [-0.4, -0.2) is 0 Å². The van der Waals surface area contributed by atoms with E-state index in [0.29, 0.717) is 5.02 Å². The van der Waals surface area contributed by atoms with Crippen LogP contribution in [0.25, 0.3) is 11.0 Å². The Kier molecular flexibility index (Phi) is 3.59. The van der Waals surface area contributed by atoms with E-state index in [1.165, 1.54) is 0 Å². The second-order valence-corrected chi connectivity index (χ2v) is 6.11. The molecule has 0 fully saturated rings. The zero-order valence-corrected chi connectivity index (χ0v) is 13.2. The van der Waals surface area contributed by atoms with Gasteiger partial charge in [-0.25, -0.2) is 0 Å². The highest BCUT2D eigenvalue weighted by atomic mass is 79.9. The number of hydrogen-bond donors (Lipinski definition) is 1. The molecule has 0 saturated carbocycles. The standard InChI is InChI=1S/C16H13BrClNO/c1-9-6-10(2-4-13(9)17)16(19)15-8-11-7-12(18)3-5-14(11)20-15/h2-8,16H,19H2,1H3. The fourth-order valence-corrected chi connectivity index (χ4v) is 2.64. The van der Waals surface area contributed by atoms with Gasteiger partial charge in [-0.15, -0.1) is 0 Å². The van der Waals surface area contributed by atoms with Gasteiger partial charge in [-0.2, -0.15) is 0 Å². The molecule has 0 bridgehead atoms. The van der Waals surface area contributed by atoms with Crippen LogP contribution in [0.15, 0.2) is 51.4 Å². The molecule has 102 valence electrons. The predicted molar refractivity (Wildman–Crippen MR) is 86.1 cm³/mol. The Morgan fingerprint density at radius 2 is 1.95 bits per heavy atom. The summed E-state index contributed by atoms with van der Waals surface area (Å²) in [5.74, 6) is 0.740. The summed E-state index contributed by atoms with van der Waals surface area (Å²) < 4.78 is 6.89. The van der Waals surface area contributed by atoms with Gasteiger partial charge in [0.25, 0.3) is 0 Å². The first-order chi connectivity index (χ1) is 9.54. The summed E-state index contributed by atoms with van der Waals surface area (Å²) in [5, 5.41) is 1.66. The van der Waals surface area contributed by atoms with E-state index in [1.807, 2.05) is 43.3 Å². The molecule has 0 aliphatic heterocycles. The SMILES string of the molecule is Cc1cc(C(N)c2cc3cc(Cl)ccc3o2)ccc1Br. The lowest BCUT2D eigenvalue weighted by Crippen LogP contribution is -2.10. The van der Waals surface area contributed by atoms with E-state index in [0.717, 1.165) is 32.3 Å². The Morgan fingerprint density at radius 3 is 2.70 bits per heavy atom. The minimum absolute atomic E-state index is 0.284. The van der Waals surface area contributed by atoms with Gasteiger partial charge in [0.05, 0.1) is 6.04 Å². The molecule has 3 aromatic rings. The van der Waals surface area contributed by atoms with Crippen molar-refractivity contribution < 1.29 is 4.42 Å². The minimum Gasteiger partial charge on any atom is -0.459 e. The second kappa shape index (κ2) is 5.24. The molecule has 0 amide bonds. The maximum Gasteiger partial charge on any atom is 0.134 e. The summed E-state index contributed by atoms with van der Waals surface area (Å²) >= 11 is 9.48. The van der Waals surface area contributed by atoms with Crippen LogP contribution in [-0.2, 0) is 0 Å². The number of hydrogen-bond acceptors (Lipinski definition) is 2. The topological polar surface area (TPSA) is 39.2 Å². The molecule has 0 aliphatic carbocycles. The third-order valence-corrected chi connectivity index (χ3v) is 4.47. The number of rotatable bonds is 2. The normalized spacial score (nSPS) is 12.8. The molecule has 2 nitrogen and oxygen atoms in total. The van der Waals surface area contributed by atoms with E-state index in [4.69, 9.17) is 21.8 Å². The van der Waals surface area contributed by atoms with Gasteiger partial charge in [-0.1, -0.05) is 39.7 Å². The van der Waals surface area contributed by atoms with Gasteiger partial charge in [0.15, 0.2) is 0 Å². The maximum absolute atomic E-state index is 6.30. The van der Waals surface area contributed by atoms with Crippen molar-refractivity contribution in [2.75, 3.05) is 0 Å². The van der Waals surface area contributed by atoms with Gasteiger partial charge in [0.1, 0.15) is 11.3 Å². The average molecular weight is 351 g/mol. The van der Waals surface area contributed by atoms with Crippen molar-refractivity contribution in [1.29, 1.82) is 0 Å². The quantitative estimate of drug-likeness (QED) is 0.689. The van der Waals surface area contributed by atoms with Crippen LogP contribution in [0.2, 0.25) is 5.02 Å². The predicted octanol–water partition coefficient (Wildman–Crippen LogP) is 5.21. The maximum atomic E-state index is 6.30. The Hall–Kier alpha value is -1.29. The lowest BCUT2D eigenvalue weighted by molar-refractivity contribution is 0.525. The van der Waals surface area contributed by atoms with E-state index in [9.17, 15) is 0 Å². The number of nitrogens with two attached hydrogens (primary N) is 1. The molecular formula is C16H13BrClNO. The van der Waals surface area contributed by atoms with Gasteiger partial charge >= 0.3 is 0 Å². The summed E-state index contributed by atoms with van der Waals surface area (Å²) in [5.41, 5.74) is 9.27. The zero-order chi connectivity index (χ0) is 14.3. The first kappa shape index (κ1) is 13.7. The first-order valence-electron chi connectivity index (χ1n) is 6.25. The molecule has 2 aromatic carbocycles. The highest BCUT2D eigenvalue weighted by molar-refractivity contribution is 9.10. The lowest BCUT2D eigenvalue weighted by atomic mass is 10.0. The number of halogens is 2. The molecule has 1 atom stereocenters. The van der Waals surface area contributed by atoms with Crippen LogP contribution >= 0.6 is 27.5 Å². The monoisotopic (exact) mass is 349 g/mol.